The van der Waals surface area contributed by atoms with Gasteiger partial charge in [0.25, 0.3) is 0 Å². The number of aliphatic hydroxyl groups excluding tert-OH is 1. The first-order chi connectivity index (χ1) is 11.9. The van der Waals surface area contributed by atoms with Crippen molar-refractivity contribution in [2.45, 2.75) is 52.9 Å². The number of nitrogens with one attached hydrogen (secondary N) is 1. The lowest BCUT2D eigenvalue weighted by atomic mass is 10.1. The second-order valence-electron chi connectivity index (χ2n) is 7.03. The fourth-order valence-electron chi connectivity index (χ4n) is 3.24. The van der Waals surface area contributed by atoms with Crippen LogP contribution in [-0.4, -0.2) is 59.3 Å². The number of fused-ring (bicyclic) bond motifs is 1. The molecule has 2 N–H and O–H groups in total. The molecule has 0 unspecified atom stereocenters. The van der Waals surface area contributed by atoms with Crippen LogP contribution in [0.2, 0.25) is 0 Å². The standard InChI is InChI=1S/C19H31N3O3/c1-14(2)22(15(3)4)8-7-20-19(24)21-9-10-25-18-6-5-16(13-23)11-17(18)12-21/h5-6,11,14-15,23H,7-10,12-13H2,1-4H3,(H,20,24). The van der Waals surface area contributed by atoms with Crippen molar-refractivity contribution in [2.75, 3.05) is 26.2 Å². The number of amides is 2. The highest BCUT2D eigenvalue weighted by Crippen LogP contribution is 2.24. The van der Waals surface area contributed by atoms with Gasteiger partial charge in [0.05, 0.1) is 19.7 Å². The Morgan fingerprint density at radius 2 is 2.04 bits per heavy atom. The first kappa shape index (κ1) is 19.5. The van der Waals surface area contributed by atoms with Gasteiger partial charge in [0.2, 0.25) is 0 Å². The third-order valence-electron chi connectivity index (χ3n) is 4.55. The Bertz CT molecular complexity index is 567. The summed E-state index contributed by atoms with van der Waals surface area (Å²) in [4.78, 5) is 16.6. The van der Waals surface area contributed by atoms with Crippen molar-refractivity contribution in [1.82, 2.24) is 15.1 Å². The van der Waals surface area contributed by atoms with Crippen LogP contribution in [0.4, 0.5) is 4.79 Å². The van der Waals surface area contributed by atoms with E-state index in [1.54, 1.807) is 4.90 Å². The van der Waals surface area contributed by atoms with Gasteiger partial charge in [-0.25, -0.2) is 4.79 Å². The minimum absolute atomic E-state index is 0.0142. The molecule has 0 spiro atoms. The summed E-state index contributed by atoms with van der Waals surface area (Å²) < 4.78 is 5.72. The van der Waals surface area contributed by atoms with Gasteiger partial charge in [-0.1, -0.05) is 6.07 Å². The van der Waals surface area contributed by atoms with Crippen LogP contribution in [0.1, 0.15) is 38.8 Å². The molecule has 6 heteroatoms. The van der Waals surface area contributed by atoms with Gasteiger partial charge in [0.15, 0.2) is 0 Å². The van der Waals surface area contributed by atoms with Crippen molar-refractivity contribution in [1.29, 1.82) is 0 Å². The molecular formula is C19H31N3O3. The zero-order chi connectivity index (χ0) is 18.4. The van der Waals surface area contributed by atoms with E-state index in [0.717, 1.165) is 23.4 Å². The maximum Gasteiger partial charge on any atom is 0.317 e. The lowest BCUT2D eigenvalue weighted by molar-refractivity contribution is 0.166. The van der Waals surface area contributed by atoms with Crippen LogP contribution >= 0.6 is 0 Å². The third-order valence-corrected chi connectivity index (χ3v) is 4.55. The summed E-state index contributed by atoms with van der Waals surface area (Å²) in [6.07, 6.45) is 0. The number of carbonyl (C=O) groups is 1. The molecule has 2 amide bonds. The maximum atomic E-state index is 12.5. The number of urea groups is 1. The van der Waals surface area contributed by atoms with Gasteiger partial charge < -0.3 is 20.1 Å². The maximum absolute atomic E-state index is 12.5. The van der Waals surface area contributed by atoms with E-state index < -0.39 is 0 Å². The minimum atomic E-state index is -0.0710. The Morgan fingerprint density at radius 3 is 2.68 bits per heavy atom. The molecule has 0 saturated heterocycles. The number of benzene rings is 1. The summed E-state index contributed by atoms with van der Waals surface area (Å²) >= 11 is 0. The average Bonchev–Trinajstić information content (AvgIpc) is 2.79. The number of nitrogens with zero attached hydrogens (tertiary/aromatic N) is 2. The molecule has 1 heterocycles. The lowest BCUT2D eigenvalue weighted by Crippen LogP contribution is -2.46. The average molecular weight is 349 g/mol. The third kappa shape index (κ3) is 5.34. The second kappa shape index (κ2) is 9.06. The number of carbonyl (C=O) groups excluding carboxylic acids is 1. The Labute approximate surface area is 150 Å². The van der Waals surface area contributed by atoms with Gasteiger partial charge in [-0.2, -0.15) is 0 Å². The van der Waals surface area contributed by atoms with Crippen molar-refractivity contribution < 1.29 is 14.6 Å². The van der Waals surface area contributed by atoms with Gasteiger partial charge in [0.1, 0.15) is 12.4 Å². The molecule has 1 aliphatic heterocycles. The zero-order valence-corrected chi connectivity index (χ0v) is 15.8. The zero-order valence-electron chi connectivity index (χ0n) is 15.8. The van der Waals surface area contributed by atoms with Crippen LogP contribution in [-0.2, 0) is 13.2 Å². The van der Waals surface area contributed by atoms with Crippen molar-refractivity contribution in [3.05, 3.63) is 29.3 Å². The highest BCUT2D eigenvalue weighted by Gasteiger charge is 2.20. The predicted molar refractivity (Wildman–Crippen MR) is 98.6 cm³/mol. The molecule has 2 rings (SSSR count). The largest absolute Gasteiger partial charge is 0.491 e. The van der Waals surface area contributed by atoms with Crippen LogP contribution in [0.25, 0.3) is 0 Å². The van der Waals surface area contributed by atoms with E-state index in [2.05, 4.69) is 37.9 Å². The van der Waals surface area contributed by atoms with Crippen molar-refractivity contribution in [2.24, 2.45) is 0 Å². The highest BCUT2D eigenvalue weighted by molar-refractivity contribution is 5.74. The molecule has 0 bridgehead atoms. The Kier molecular flexibility index (Phi) is 7.08. The SMILES string of the molecule is CC(C)N(CCNC(=O)N1CCOc2ccc(CO)cc2C1)C(C)C. The van der Waals surface area contributed by atoms with Gasteiger partial charge in [-0.15, -0.1) is 0 Å². The lowest BCUT2D eigenvalue weighted by Gasteiger charge is -2.31. The van der Waals surface area contributed by atoms with Gasteiger partial charge in [0, 0.05) is 30.7 Å². The van der Waals surface area contributed by atoms with Crippen LogP contribution in [0.3, 0.4) is 0 Å². The molecule has 0 saturated carbocycles. The molecule has 0 atom stereocenters. The summed E-state index contributed by atoms with van der Waals surface area (Å²) in [5, 5.41) is 12.3. The Balaban J connectivity index is 1.93. The summed E-state index contributed by atoms with van der Waals surface area (Å²) in [7, 11) is 0. The molecule has 25 heavy (non-hydrogen) atoms. The fraction of sp³-hybridized carbons (Fsp3) is 0.632. The van der Waals surface area contributed by atoms with E-state index in [1.165, 1.54) is 0 Å². The molecule has 0 aliphatic carbocycles. The van der Waals surface area contributed by atoms with Gasteiger partial charge >= 0.3 is 6.03 Å². The van der Waals surface area contributed by atoms with E-state index in [1.807, 2.05) is 18.2 Å². The van der Waals surface area contributed by atoms with Crippen LogP contribution in [0.15, 0.2) is 18.2 Å². The molecule has 140 valence electrons. The molecule has 1 aliphatic rings. The van der Waals surface area contributed by atoms with E-state index in [4.69, 9.17) is 4.74 Å². The predicted octanol–water partition coefficient (Wildman–Crippen LogP) is 2.20. The van der Waals surface area contributed by atoms with Crippen molar-refractivity contribution in [3.63, 3.8) is 0 Å². The highest BCUT2D eigenvalue weighted by atomic mass is 16.5. The number of hydrogen-bond donors (Lipinski definition) is 2. The summed E-state index contributed by atoms with van der Waals surface area (Å²) in [6, 6.07) is 6.45. The van der Waals surface area contributed by atoms with Gasteiger partial charge in [-0.05, 0) is 45.4 Å². The van der Waals surface area contributed by atoms with Crippen LogP contribution < -0.4 is 10.1 Å². The van der Waals surface area contributed by atoms with E-state index in [0.29, 0.717) is 38.3 Å². The quantitative estimate of drug-likeness (QED) is 0.826. The smallest absolute Gasteiger partial charge is 0.317 e. The Morgan fingerprint density at radius 1 is 1.32 bits per heavy atom. The summed E-state index contributed by atoms with van der Waals surface area (Å²) in [5.41, 5.74) is 1.76. The molecular weight excluding hydrogens is 318 g/mol. The Hall–Kier alpha value is -1.79. The molecule has 1 aromatic rings. The number of hydrogen-bond acceptors (Lipinski definition) is 4. The van der Waals surface area contributed by atoms with E-state index in [-0.39, 0.29) is 12.6 Å². The second-order valence-corrected chi connectivity index (χ2v) is 7.03. The topological polar surface area (TPSA) is 65.0 Å². The normalized spacial score (nSPS) is 14.5. The van der Waals surface area contributed by atoms with Crippen LogP contribution in [0, 0.1) is 0 Å². The molecule has 1 aromatic carbocycles. The monoisotopic (exact) mass is 349 g/mol. The van der Waals surface area contributed by atoms with E-state index >= 15 is 0 Å². The van der Waals surface area contributed by atoms with Crippen molar-refractivity contribution in [3.8, 4) is 5.75 Å². The number of ether oxygens (including phenoxy) is 1. The number of aliphatic hydroxyl groups is 1. The van der Waals surface area contributed by atoms with Gasteiger partial charge in [-0.3, -0.25) is 4.90 Å². The fourth-order valence-corrected chi connectivity index (χ4v) is 3.24. The molecule has 6 nitrogen and oxygen atoms in total. The number of rotatable bonds is 6. The summed E-state index contributed by atoms with van der Waals surface area (Å²) in [5.74, 6) is 0.790. The van der Waals surface area contributed by atoms with E-state index in [9.17, 15) is 9.90 Å². The molecule has 0 aromatic heterocycles. The first-order valence-electron chi connectivity index (χ1n) is 9.06. The molecule has 0 fully saturated rings. The van der Waals surface area contributed by atoms with Crippen LogP contribution in [0.5, 0.6) is 5.75 Å². The summed E-state index contributed by atoms with van der Waals surface area (Å²) in [6.45, 7) is 11.6. The molecule has 0 radical (unpaired) electrons. The minimum Gasteiger partial charge on any atom is -0.491 e. The first-order valence-corrected chi connectivity index (χ1v) is 9.06. The van der Waals surface area contributed by atoms with Crippen molar-refractivity contribution >= 4 is 6.03 Å².